The minimum atomic E-state index is -0.0832. The highest BCUT2D eigenvalue weighted by molar-refractivity contribution is 5.93. The number of benzene rings is 1. The van der Waals surface area contributed by atoms with Gasteiger partial charge in [0.2, 0.25) is 0 Å². The van der Waals surface area contributed by atoms with E-state index in [-0.39, 0.29) is 24.9 Å². The van der Waals surface area contributed by atoms with Crippen LogP contribution in [-0.2, 0) is 9.59 Å². The molecule has 1 rings (SSSR count). The zero-order chi connectivity index (χ0) is 12.7. The third-order valence-electron chi connectivity index (χ3n) is 2.45. The predicted octanol–water partition coefficient (Wildman–Crippen LogP) is -1.04. The minimum Gasteiger partial charge on any atom is -0.354 e. The van der Waals surface area contributed by atoms with E-state index in [1.807, 2.05) is 30.3 Å². The van der Waals surface area contributed by atoms with Crippen LogP contribution in [0.2, 0.25) is 0 Å². The predicted molar refractivity (Wildman–Crippen MR) is 65.6 cm³/mol. The molecule has 0 aliphatic rings. The van der Waals surface area contributed by atoms with Gasteiger partial charge in [0.05, 0.1) is 0 Å². The number of para-hydroxylation sites is 1. The van der Waals surface area contributed by atoms with Crippen LogP contribution in [0, 0.1) is 0 Å². The molecule has 1 aromatic carbocycles. The summed E-state index contributed by atoms with van der Waals surface area (Å²) in [5.74, 6) is -0.111. The third-order valence-corrected chi connectivity index (χ3v) is 2.45. The number of carbonyl (C=O) groups is 2. The Morgan fingerprint density at radius 1 is 1.24 bits per heavy atom. The SMILES string of the molecule is CNC(=O)C[NH2+]CC(=O)N(C)c1ccccc1. The number of nitrogens with two attached hydrogens (primary N) is 1. The van der Waals surface area contributed by atoms with Crippen molar-refractivity contribution < 1.29 is 14.9 Å². The van der Waals surface area contributed by atoms with Crippen molar-refractivity contribution in [1.29, 1.82) is 0 Å². The van der Waals surface area contributed by atoms with Gasteiger partial charge in [-0.2, -0.15) is 0 Å². The van der Waals surface area contributed by atoms with Gasteiger partial charge < -0.3 is 15.5 Å². The fourth-order valence-corrected chi connectivity index (χ4v) is 1.36. The maximum atomic E-state index is 11.8. The summed E-state index contributed by atoms with van der Waals surface area (Å²) >= 11 is 0. The van der Waals surface area contributed by atoms with Gasteiger partial charge in [0.1, 0.15) is 0 Å². The number of rotatable bonds is 5. The molecule has 1 aromatic rings. The zero-order valence-corrected chi connectivity index (χ0v) is 10.1. The Bertz CT molecular complexity index is 379. The molecule has 0 radical (unpaired) electrons. The summed E-state index contributed by atoms with van der Waals surface area (Å²) in [6.45, 7) is 0.531. The Morgan fingerprint density at radius 3 is 2.47 bits per heavy atom. The van der Waals surface area contributed by atoms with Crippen LogP contribution in [0.25, 0.3) is 0 Å². The highest BCUT2D eigenvalue weighted by Gasteiger charge is 2.12. The lowest BCUT2D eigenvalue weighted by Crippen LogP contribution is -2.88. The summed E-state index contributed by atoms with van der Waals surface area (Å²) < 4.78 is 0. The molecule has 0 fully saturated rings. The molecule has 0 saturated heterocycles. The van der Waals surface area contributed by atoms with Crippen molar-refractivity contribution in [2.24, 2.45) is 0 Å². The van der Waals surface area contributed by atoms with Crippen molar-refractivity contribution in [2.45, 2.75) is 0 Å². The fourth-order valence-electron chi connectivity index (χ4n) is 1.36. The van der Waals surface area contributed by atoms with Crippen molar-refractivity contribution in [3.05, 3.63) is 30.3 Å². The maximum absolute atomic E-state index is 11.8. The molecule has 0 aliphatic heterocycles. The van der Waals surface area contributed by atoms with Gasteiger partial charge in [-0.05, 0) is 12.1 Å². The molecule has 0 aliphatic carbocycles. The van der Waals surface area contributed by atoms with Gasteiger partial charge in [-0.3, -0.25) is 9.59 Å². The van der Waals surface area contributed by atoms with E-state index in [0.29, 0.717) is 0 Å². The number of quaternary nitrogens is 1. The van der Waals surface area contributed by atoms with E-state index in [9.17, 15) is 9.59 Å². The molecule has 3 N–H and O–H groups in total. The summed E-state index contributed by atoms with van der Waals surface area (Å²) in [5.41, 5.74) is 0.853. The Morgan fingerprint density at radius 2 is 1.88 bits per heavy atom. The highest BCUT2D eigenvalue weighted by Crippen LogP contribution is 2.10. The first-order valence-corrected chi connectivity index (χ1v) is 5.49. The number of hydrogen-bond donors (Lipinski definition) is 2. The van der Waals surface area contributed by atoms with Gasteiger partial charge in [-0.15, -0.1) is 0 Å². The molecule has 0 aromatic heterocycles. The lowest BCUT2D eigenvalue weighted by Gasteiger charge is -2.15. The van der Waals surface area contributed by atoms with Crippen LogP contribution in [0.3, 0.4) is 0 Å². The number of amides is 2. The minimum absolute atomic E-state index is 0.0277. The molecule has 0 unspecified atom stereocenters. The van der Waals surface area contributed by atoms with E-state index >= 15 is 0 Å². The van der Waals surface area contributed by atoms with Gasteiger partial charge in [0.25, 0.3) is 11.8 Å². The average Bonchev–Trinajstić information content (AvgIpc) is 2.38. The summed E-state index contributed by atoms with van der Waals surface area (Å²) in [5, 5.41) is 4.19. The van der Waals surface area contributed by atoms with E-state index in [1.165, 1.54) is 0 Å². The fraction of sp³-hybridized carbons (Fsp3) is 0.333. The summed E-state index contributed by atoms with van der Waals surface area (Å²) in [7, 11) is 3.31. The molecular formula is C12H18N3O2+. The second-order valence-electron chi connectivity index (χ2n) is 3.66. The van der Waals surface area contributed by atoms with Gasteiger partial charge in [0.15, 0.2) is 13.1 Å². The number of anilines is 1. The smallest absolute Gasteiger partial charge is 0.281 e. The van der Waals surface area contributed by atoms with Gasteiger partial charge in [0, 0.05) is 19.8 Å². The zero-order valence-electron chi connectivity index (χ0n) is 10.1. The van der Waals surface area contributed by atoms with E-state index in [4.69, 9.17) is 0 Å². The monoisotopic (exact) mass is 236 g/mol. The van der Waals surface area contributed by atoms with Crippen LogP contribution in [0.4, 0.5) is 5.69 Å². The topological polar surface area (TPSA) is 66.0 Å². The number of hydrogen-bond acceptors (Lipinski definition) is 2. The van der Waals surface area contributed by atoms with Crippen molar-refractivity contribution in [3.8, 4) is 0 Å². The van der Waals surface area contributed by atoms with E-state index in [2.05, 4.69) is 5.32 Å². The van der Waals surface area contributed by atoms with E-state index in [1.54, 1.807) is 24.3 Å². The summed E-state index contributed by atoms with van der Waals surface area (Å²) in [6, 6.07) is 9.41. The van der Waals surface area contributed by atoms with Gasteiger partial charge in [-0.25, -0.2) is 0 Å². The lowest BCUT2D eigenvalue weighted by atomic mass is 10.3. The molecule has 0 heterocycles. The number of carbonyl (C=O) groups excluding carboxylic acids is 2. The molecule has 0 spiro atoms. The third kappa shape index (κ3) is 4.24. The van der Waals surface area contributed by atoms with Crippen LogP contribution in [0.15, 0.2) is 30.3 Å². The normalized spacial score (nSPS) is 9.76. The number of nitrogens with one attached hydrogen (secondary N) is 1. The number of likely N-dealkylation sites (N-methyl/N-ethyl adjacent to an activating group) is 2. The molecule has 92 valence electrons. The van der Waals surface area contributed by atoms with Crippen LogP contribution in [-0.4, -0.2) is 39.0 Å². The van der Waals surface area contributed by atoms with E-state index in [0.717, 1.165) is 5.69 Å². The summed E-state index contributed by atoms with van der Waals surface area (Å²) in [4.78, 5) is 24.3. The second-order valence-corrected chi connectivity index (χ2v) is 3.66. The average molecular weight is 236 g/mol. The second kappa shape index (κ2) is 6.65. The van der Waals surface area contributed by atoms with Crippen LogP contribution in [0.5, 0.6) is 0 Å². The first-order valence-electron chi connectivity index (χ1n) is 5.49. The molecule has 5 nitrogen and oxygen atoms in total. The molecule has 2 amide bonds. The molecule has 0 bridgehead atoms. The van der Waals surface area contributed by atoms with Gasteiger partial charge in [-0.1, -0.05) is 18.2 Å². The van der Waals surface area contributed by atoms with Crippen molar-refractivity contribution in [1.82, 2.24) is 5.32 Å². The quantitative estimate of drug-likeness (QED) is 0.686. The Hall–Kier alpha value is -1.88. The Labute approximate surface area is 101 Å². The van der Waals surface area contributed by atoms with E-state index < -0.39 is 0 Å². The van der Waals surface area contributed by atoms with Crippen LogP contribution >= 0.6 is 0 Å². The van der Waals surface area contributed by atoms with Gasteiger partial charge >= 0.3 is 0 Å². The lowest BCUT2D eigenvalue weighted by molar-refractivity contribution is -0.632. The summed E-state index contributed by atoms with van der Waals surface area (Å²) in [6.07, 6.45) is 0. The Balaban J connectivity index is 2.40. The first kappa shape index (κ1) is 13.2. The molecule has 5 heteroatoms. The molecule has 0 saturated carbocycles. The first-order chi connectivity index (χ1) is 8.15. The largest absolute Gasteiger partial charge is 0.354 e. The number of nitrogens with zero attached hydrogens (tertiary/aromatic N) is 1. The molecule has 0 atom stereocenters. The molecular weight excluding hydrogens is 218 g/mol. The van der Waals surface area contributed by atoms with Crippen molar-refractivity contribution >= 4 is 17.5 Å². The van der Waals surface area contributed by atoms with Crippen LogP contribution in [0.1, 0.15) is 0 Å². The van der Waals surface area contributed by atoms with Crippen molar-refractivity contribution in [3.63, 3.8) is 0 Å². The van der Waals surface area contributed by atoms with Crippen molar-refractivity contribution in [2.75, 3.05) is 32.1 Å². The molecule has 17 heavy (non-hydrogen) atoms. The Kier molecular flexibility index (Phi) is 5.16. The maximum Gasteiger partial charge on any atom is 0.281 e. The standard InChI is InChI=1S/C12H17N3O2/c1-13-11(16)8-14-9-12(17)15(2)10-6-4-3-5-7-10/h3-7,14H,8-9H2,1-2H3,(H,13,16)/p+1. The highest BCUT2D eigenvalue weighted by atomic mass is 16.2. The van der Waals surface area contributed by atoms with Crippen LogP contribution < -0.4 is 15.5 Å².